The van der Waals surface area contributed by atoms with E-state index in [0.29, 0.717) is 0 Å². The van der Waals surface area contributed by atoms with Crippen LogP contribution >= 0.6 is 0 Å². The standard InChI is InChI=1S/C19H42N.CH2O2/c1-5-6-7-8-9-10-11-12-13-14-15-16-17-18-19-20(2,3)4;2-1-3/h5-19H2,1-4H3;1H,(H,2,3)/q+1;. The van der Waals surface area contributed by atoms with Crippen molar-refractivity contribution < 1.29 is 14.4 Å². The van der Waals surface area contributed by atoms with E-state index in [0.717, 1.165) is 4.48 Å². The predicted octanol–water partition coefficient (Wildman–Crippen LogP) is 5.87. The molecule has 0 saturated heterocycles. The molecule has 3 heteroatoms. The smallest absolute Gasteiger partial charge is 0.290 e. The maximum Gasteiger partial charge on any atom is 0.290 e. The van der Waals surface area contributed by atoms with Crippen LogP contribution in [0.2, 0.25) is 0 Å². The maximum absolute atomic E-state index is 8.36. The van der Waals surface area contributed by atoms with E-state index in [-0.39, 0.29) is 6.47 Å². The lowest BCUT2D eigenvalue weighted by atomic mass is 10.0. The van der Waals surface area contributed by atoms with E-state index in [1.807, 2.05) is 0 Å². The SMILES string of the molecule is CCCCCCCCCCCCCCCC[N+](C)(C)C.O=CO. The fourth-order valence-corrected chi connectivity index (χ4v) is 2.78. The molecule has 0 atom stereocenters. The zero-order valence-electron chi connectivity index (χ0n) is 16.5. The van der Waals surface area contributed by atoms with Crippen LogP contribution in [0, 0.1) is 0 Å². The van der Waals surface area contributed by atoms with Gasteiger partial charge in [-0.3, -0.25) is 4.79 Å². The highest BCUT2D eigenvalue weighted by molar-refractivity contribution is 5.32. The number of hydrogen-bond donors (Lipinski definition) is 1. The third kappa shape index (κ3) is 30.0. The van der Waals surface area contributed by atoms with Crippen molar-refractivity contribution in [2.75, 3.05) is 27.7 Å². The van der Waals surface area contributed by atoms with Crippen LogP contribution in [0.3, 0.4) is 0 Å². The van der Waals surface area contributed by atoms with Gasteiger partial charge in [0.25, 0.3) is 6.47 Å². The number of quaternary nitrogens is 1. The van der Waals surface area contributed by atoms with Crippen LogP contribution < -0.4 is 0 Å². The molecule has 0 aromatic carbocycles. The highest BCUT2D eigenvalue weighted by Gasteiger charge is 2.04. The first kappa shape index (κ1) is 24.7. The largest absolute Gasteiger partial charge is 0.483 e. The quantitative estimate of drug-likeness (QED) is 0.231. The fraction of sp³-hybridized carbons (Fsp3) is 0.950. The predicted molar refractivity (Wildman–Crippen MR) is 102 cm³/mol. The normalized spacial score (nSPS) is 11.0. The molecule has 0 fully saturated rings. The van der Waals surface area contributed by atoms with Crippen molar-refractivity contribution in [2.45, 2.75) is 96.8 Å². The third-order valence-corrected chi connectivity index (χ3v) is 4.18. The molecule has 0 spiro atoms. The summed E-state index contributed by atoms with van der Waals surface area (Å²) >= 11 is 0. The molecule has 0 aliphatic heterocycles. The molecule has 0 unspecified atom stereocenters. The van der Waals surface area contributed by atoms with E-state index < -0.39 is 0 Å². The first-order valence-corrected chi connectivity index (χ1v) is 9.86. The van der Waals surface area contributed by atoms with E-state index in [1.165, 1.54) is 96.4 Å². The first-order valence-electron chi connectivity index (χ1n) is 9.86. The van der Waals surface area contributed by atoms with E-state index in [4.69, 9.17) is 9.90 Å². The Hall–Kier alpha value is -0.570. The molecule has 0 aliphatic rings. The zero-order valence-corrected chi connectivity index (χ0v) is 16.5. The number of nitrogens with zero attached hydrogens (tertiary/aromatic N) is 1. The topological polar surface area (TPSA) is 37.3 Å². The molecule has 0 radical (unpaired) electrons. The number of hydrogen-bond acceptors (Lipinski definition) is 1. The first-order chi connectivity index (χ1) is 11.0. The summed E-state index contributed by atoms with van der Waals surface area (Å²) in [7, 11) is 6.88. The number of carbonyl (C=O) groups is 1. The summed E-state index contributed by atoms with van der Waals surface area (Å²) in [4.78, 5) is 8.36. The van der Waals surface area contributed by atoms with Crippen molar-refractivity contribution in [3.8, 4) is 0 Å². The van der Waals surface area contributed by atoms with Gasteiger partial charge in [-0.2, -0.15) is 0 Å². The maximum atomic E-state index is 8.36. The molecule has 0 amide bonds. The number of rotatable bonds is 15. The fourth-order valence-electron chi connectivity index (χ4n) is 2.78. The monoisotopic (exact) mass is 330 g/mol. The van der Waals surface area contributed by atoms with Gasteiger partial charge in [0.15, 0.2) is 0 Å². The Kier molecular flexibility index (Phi) is 20.9. The van der Waals surface area contributed by atoms with E-state index >= 15 is 0 Å². The van der Waals surface area contributed by atoms with Crippen LogP contribution in [-0.4, -0.2) is 43.7 Å². The zero-order chi connectivity index (χ0) is 17.8. The van der Waals surface area contributed by atoms with E-state index in [9.17, 15) is 0 Å². The molecule has 23 heavy (non-hydrogen) atoms. The van der Waals surface area contributed by atoms with Gasteiger partial charge in [0, 0.05) is 0 Å². The molecule has 1 N–H and O–H groups in total. The minimum Gasteiger partial charge on any atom is -0.483 e. The molecule has 0 aromatic rings. The average Bonchev–Trinajstić information content (AvgIpc) is 2.47. The molecule has 140 valence electrons. The van der Waals surface area contributed by atoms with Crippen LogP contribution in [0.25, 0.3) is 0 Å². The Morgan fingerprint density at radius 1 is 0.652 bits per heavy atom. The number of carboxylic acid groups (broad SMARTS) is 1. The summed E-state index contributed by atoms with van der Waals surface area (Å²) in [5.74, 6) is 0. The third-order valence-electron chi connectivity index (χ3n) is 4.18. The van der Waals surface area contributed by atoms with Gasteiger partial charge in [-0.05, 0) is 12.8 Å². The van der Waals surface area contributed by atoms with Crippen LogP contribution in [0.1, 0.15) is 96.8 Å². The second kappa shape index (κ2) is 19.5. The minimum atomic E-state index is -0.250. The van der Waals surface area contributed by atoms with Gasteiger partial charge < -0.3 is 9.59 Å². The summed E-state index contributed by atoms with van der Waals surface area (Å²) in [6.45, 7) is 3.38. The van der Waals surface area contributed by atoms with Crippen LogP contribution in [-0.2, 0) is 4.79 Å². The minimum absolute atomic E-state index is 0.250. The summed E-state index contributed by atoms with van der Waals surface area (Å²) in [6.07, 6.45) is 20.4. The van der Waals surface area contributed by atoms with Crippen LogP contribution in [0.15, 0.2) is 0 Å². The molecule has 0 saturated carbocycles. The summed E-state index contributed by atoms with van der Waals surface area (Å²) in [6, 6.07) is 0. The Morgan fingerprint density at radius 2 is 0.913 bits per heavy atom. The van der Waals surface area contributed by atoms with Gasteiger partial charge in [0.05, 0.1) is 27.7 Å². The van der Waals surface area contributed by atoms with E-state index in [1.54, 1.807) is 0 Å². The average molecular weight is 331 g/mol. The lowest BCUT2D eigenvalue weighted by Crippen LogP contribution is -2.35. The van der Waals surface area contributed by atoms with Gasteiger partial charge in [0.2, 0.25) is 0 Å². The van der Waals surface area contributed by atoms with Crippen molar-refractivity contribution in [3.63, 3.8) is 0 Å². The Balaban J connectivity index is 0. The summed E-state index contributed by atoms with van der Waals surface area (Å²) < 4.78 is 1.12. The lowest BCUT2D eigenvalue weighted by molar-refractivity contribution is -0.870. The lowest BCUT2D eigenvalue weighted by Gasteiger charge is -2.23. The van der Waals surface area contributed by atoms with Crippen LogP contribution in [0.4, 0.5) is 0 Å². The van der Waals surface area contributed by atoms with Crippen molar-refractivity contribution in [1.29, 1.82) is 0 Å². The van der Waals surface area contributed by atoms with Crippen molar-refractivity contribution >= 4 is 6.47 Å². The molecule has 0 aromatic heterocycles. The van der Waals surface area contributed by atoms with Crippen molar-refractivity contribution in [2.24, 2.45) is 0 Å². The van der Waals surface area contributed by atoms with Crippen LogP contribution in [0.5, 0.6) is 0 Å². The van der Waals surface area contributed by atoms with E-state index in [2.05, 4.69) is 28.1 Å². The molecule has 3 nitrogen and oxygen atoms in total. The van der Waals surface area contributed by atoms with Crippen molar-refractivity contribution in [1.82, 2.24) is 0 Å². The Morgan fingerprint density at radius 3 is 1.17 bits per heavy atom. The summed E-state index contributed by atoms with van der Waals surface area (Å²) in [5, 5.41) is 6.89. The molecular formula is C20H44NO2+. The Bertz CT molecular complexity index is 224. The van der Waals surface area contributed by atoms with Gasteiger partial charge in [-0.15, -0.1) is 0 Å². The van der Waals surface area contributed by atoms with Gasteiger partial charge in [-0.25, -0.2) is 0 Å². The Labute approximate surface area is 146 Å². The van der Waals surface area contributed by atoms with Crippen molar-refractivity contribution in [3.05, 3.63) is 0 Å². The van der Waals surface area contributed by atoms with Gasteiger partial charge in [0.1, 0.15) is 0 Å². The molecule has 0 rings (SSSR count). The second-order valence-electron chi connectivity index (χ2n) is 7.72. The molecular weight excluding hydrogens is 286 g/mol. The highest BCUT2D eigenvalue weighted by Crippen LogP contribution is 2.13. The van der Waals surface area contributed by atoms with Gasteiger partial charge in [-0.1, -0.05) is 84.0 Å². The highest BCUT2D eigenvalue weighted by atomic mass is 16.3. The number of unbranched alkanes of at least 4 members (excludes halogenated alkanes) is 13. The summed E-state index contributed by atoms with van der Waals surface area (Å²) in [5.41, 5.74) is 0. The molecule has 0 heterocycles. The van der Waals surface area contributed by atoms with Gasteiger partial charge >= 0.3 is 0 Å². The molecule has 0 bridgehead atoms. The second-order valence-corrected chi connectivity index (χ2v) is 7.72. The molecule has 0 aliphatic carbocycles.